The highest BCUT2D eigenvalue weighted by Crippen LogP contribution is 2.39. The van der Waals surface area contributed by atoms with Crippen molar-refractivity contribution >= 4 is 28.5 Å². The van der Waals surface area contributed by atoms with Crippen LogP contribution in [0.4, 0.5) is 4.39 Å². The van der Waals surface area contributed by atoms with Gasteiger partial charge < -0.3 is 4.90 Å². The topological polar surface area (TPSA) is 20.3 Å². The molecule has 2 nitrogen and oxygen atoms in total. The van der Waals surface area contributed by atoms with Crippen LogP contribution in [0.3, 0.4) is 0 Å². The highest BCUT2D eigenvalue weighted by Gasteiger charge is 2.38. The van der Waals surface area contributed by atoms with E-state index in [4.69, 9.17) is 0 Å². The Morgan fingerprint density at radius 2 is 1.70 bits per heavy atom. The third kappa shape index (κ3) is 2.71. The number of hydrogen-bond acceptors (Lipinski definition) is 1. The van der Waals surface area contributed by atoms with Crippen molar-refractivity contribution in [2.24, 2.45) is 0 Å². The number of hydrogen-bond donors (Lipinski definition) is 0. The minimum atomic E-state index is -0.213. The molecule has 1 amide bonds. The third-order valence-corrected chi connectivity index (χ3v) is 5.67. The Hall–Kier alpha value is -0.650. The SMILES string of the molecule is O=C1C(I)CCC[C@@H]2CCC[C@H](c3ccc(F)cc3)N12. The monoisotopic (exact) mass is 387 g/mol. The van der Waals surface area contributed by atoms with Crippen molar-refractivity contribution in [3.63, 3.8) is 0 Å². The van der Waals surface area contributed by atoms with E-state index < -0.39 is 0 Å². The summed E-state index contributed by atoms with van der Waals surface area (Å²) in [6, 6.07) is 7.19. The van der Waals surface area contributed by atoms with Gasteiger partial charge in [0.15, 0.2) is 0 Å². The zero-order chi connectivity index (χ0) is 14.1. The smallest absolute Gasteiger partial charge is 0.236 e. The number of halogens is 2. The number of nitrogens with zero attached hydrogens (tertiary/aromatic N) is 1. The highest BCUT2D eigenvalue weighted by atomic mass is 127. The molecule has 4 heteroatoms. The maximum absolute atomic E-state index is 13.1. The second kappa shape index (κ2) is 6.00. The van der Waals surface area contributed by atoms with Crippen molar-refractivity contribution in [1.82, 2.24) is 4.90 Å². The van der Waals surface area contributed by atoms with E-state index in [-0.39, 0.29) is 21.7 Å². The van der Waals surface area contributed by atoms with Gasteiger partial charge in [0.1, 0.15) is 5.82 Å². The zero-order valence-corrected chi connectivity index (χ0v) is 13.6. The molecule has 1 aromatic rings. The van der Waals surface area contributed by atoms with Crippen LogP contribution in [0, 0.1) is 5.82 Å². The number of benzene rings is 1. The van der Waals surface area contributed by atoms with Gasteiger partial charge in [-0.1, -0.05) is 34.7 Å². The number of carbonyl (C=O) groups is 1. The molecule has 0 aromatic heterocycles. The van der Waals surface area contributed by atoms with Crippen LogP contribution < -0.4 is 0 Å². The molecule has 2 heterocycles. The maximum atomic E-state index is 13.1. The number of rotatable bonds is 1. The molecule has 0 aliphatic carbocycles. The normalized spacial score (nSPS) is 30.8. The molecule has 0 saturated carbocycles. The molecule has 2 aliphatic heterocycles. The number of fused-ring (bicyclic) bond motifs is 1. The Labute approximate surface area is 132 Å². The van der Waals surface area contributed by atoms with Crippen LogP contribution in [0.1, 0.15) is 50.1 Å². The van der Waals surface area contributed by atoms with Gasteiger partial charge in [-0.15, -0.1) is 0 Å². The summed E-state index contributed by atoms with van der Waals surface area (Å²) in [6.07, 6.45) is 6.51. The molecule has 0 radical (unpaired) electrons. The average Bonchev–Trinajstić information content (AvgIpc) is 2.60. The first-order chi connectivity index (χ1) is 9.66. The Morgan fingerprint density at radius 3 is 2.40 bits per heavy atom. The Kier molecular flexibility index (Phi) is 4.29. The van der Waals surface area contributed by atoms with Gasteiger partial charge in [-0.05, 0) is 56.2 Å². The Morgan fingerprint density at radius 1 is 1.05 bits per heavy atom. The van der Waals surface area contributed by atoms with Gasteiger partial charge in [0.2, 0.25) is 5.91 Å². The van der Waals surface area contributed by atoms with E-state index in [1.165, 1.54) is 12.1 Å². The molecule has 0 bridgehead atoms. The molecule has 2 saturated heterocycles. The number of carbonyl (C=O) groups excluding carboxylic acids is 1. The van der Waals surface area contributed by atoms with Crippen molar-refractivity contribution in [2.75, 3.05) is 0 Å². The predicted octanol–water partition coefficient (Wildman–Crippen LogP) is 4.24. The predicted molar refractivity (Wildman–Crippen MR) is 85.3 cm³/mol. The molecular formula is C16H19FINO. The van der Waals surface area contributed by atoms with E-state index in [0.717, 1.165) is 44.1 Å². The summed E-state index contributed by atoms with van der Waals surface area (Å²) in [5, 5.41) is 0. The average molecular weight is 387 g/mol. The van der Waals surface area contributed by atoms with Gasteiger partial charge in [0.25, 0.3) is 0 Å². The summed E-state index contributed by atoms with van der Waals surface area (Å²) >= 11 is 2.28. The second-order valence-electron chi connectivity index (χ2n) is 5.80. The Bertz CT molecular complexity index is 490. The molecule has 2 fully saturated rings. The summed E-state index contributed by atoms with van der Waals surface area (Å²) < 4.78 is 13.2. The highest BCUT2D eigenvalue weighted by molar-refractivity contribution is 14.1. The van der Waals surface area contributed by atoms with Gasteiger partial charge >= 0.3 is 0 Å². The van der Waals surface area contributed by atoms with Crippen molar-refractivity contribution < 1.29 is 9.18 Å². The minimum absolute atomic E-state index is 0.0960. The van der Waals surface area contributed by atoms with E-state index in [2.05, 4.69) is 27.5 Å². The molecule has 1 unspecified atom stereocenters. The van der Waals surface area contributed by atoms with Crippen LogP contribution in [0.5, 0.6) is 0 Å². The van der Waals surface area contributed by atoms with Crippen LogP contribution in [-0.4, -0.2) is 20.8 Å². The quantitative estimate of drug-likeness (QED) is 0.522. The molecular weight excluding hydrogens is 368 g/mol. The van der Waals surface area contributed by atoms with Crippen LogP contribution in [-0.2, 0) is 4.79 Å². The first-order valence-electron chi connectivity index (χ1n) is 7.38. The number of piperidine rings is 1. The largest absolute Gasteiger partial charge is 0.332 e. The fourth-order valence-corrected chi connectivity index (χ4v) is 4.29. The lowest BCUT2D eigenvalue weighted by molar-refractivity contribution is -0.136. The van der Waals surface area contributed by atoms with E-state index in [1.54, 1.807) is 0 Å². The second-order valence-corrected chi connectivity index (χ2v) is 7.30. The molecule has 3 atom stereocenters. The van der Waals surface area contributed by atoms with Crippen LogP contribution >= 0.6 is 22.6 Å². The van der Waals surface area contributed by atoms with Crippen molar-refractivity contribution in [3.05, 3.63) is 35.6 Å². The van der Waals surface area contributed by atoms with E-state index in [1.807, 2.05) is 12.1 Å². The number of alkyl halides is 1. The lowest BCUT2D eigenvalue weighted by atomic mass is 9.89. The van der Waals surface area contributed by atoms with Gasteiger partial charge in [-0.25, -0.2) is 4.39 Å². The van der Waals surface area contributed by atoms with E-state index in [9.17, 15) is 9.18 Å². The van der Waals surface area contributed by atoms with Gasteiger partial charge in [0, 0.05) is 6.04 Å². The molecule has 1 aromatic carbocycles. The van der Waals surface area contributed by atoms with E-state index >= 15 is 0 Å². The first kappa shape index (κ1) is 14.3. The molecule has 108 valence electrons. The van der Waals surface area contributed by atoms with Gasteiger partial charge in [-0.2, -0.15) is 0 Å². The molecule has 0 N–H and O–H groups in total. The summed E-state index contributed by atoms with van der Waals surface area (Å²) in [7, 11) is 0. The van der Waals surface area contributed by atoms with Crippen molar-refractivity contribution in [1.29, 1.82) is 0 Å². The summed E-state index contributed by atoms with van der Waals surface area (Å²) in [5.41, 5.74) is 1.08. The maximum Gasteiger partial charge on any atom is 0.236 e. The summed E-state index contributed by atoms with van der Waals surface area (Å²) in [4.78, 5) is 14.8. The van der Waals surface area contributed by atoms with Crippen LogP contribution in [0.2, 0.25) is 0 Å². The molecule has 2 aliphatic rings. The minimum Gasteiger partial charge on any atom is -0.332 e. The lowest BCUT2D eigenvalue weighted by Gasteiger charge is -2.42. The third-order valence-electron chi connectivity index (χ3n) is 4.52. The van der Waals surface area contributed by atoms with Gasteiger partial charge in [-0.3, -0.25) is 4.79 Å². The first-order valence-corrected chi connectivity index (χ1v) is 8.63. The lowest BCUT2D eigenvalue weighted by Crippen LogP contribution is -2.46. The molecule has 0 spiro atoms. The van der Waals surface area contributed by atoms with Crippen molar-refractivity contribution in [2.45, 2.75) is 54.5 Å². The number of amides is 1. The van der Waals surface area contributed by atoms with E-state index in [0.29, 0.717) is 6.04 Å². The fraction of sp³-hybridized carbons (Fsp3) is 0.562. The molecule has 3 rings (SSSR count). The summed E-state index contributed by atoms with van der Waals surface area (Å²) in [6.45, 7) is 0. The van der Waals surface area contributed by atoms with Crippen molar-refractivity contribution in [3.8, 4) is 0 Å². The zero-order valence-electron chi connectivity index (χ0n) is 11.4. The van der Waals surface area contributed by atoms with Crippen LogP contribution in [0.25, 0.3) is 0 Å². The molecule has 20 heavy (non-hydrogen) atoms. The van der Waals surface area contributed by atoms with Crippen LogP contribution in [0.15, 0.2) is 24.3 Å². The fourth-order valence-electron chi connectivity index (χ4n) is 3.53. The Balaban J connectivity index is 1.92. The summed E-state index contributed by atoms with van der Waals surface area (Å²) in [5.74, 6) is 0.0668. The van der Waals surface area contributed by atoms with Gasteiger partial charge in [0.05, 0.1) is 9.97 Å². The standard InChI is InChI=1S/C16H19FINO/c17-12-9-7-11(8-10-12)15-6-2-4-13-3-1-5-14(18)16(20)19(13)15/h7-10,13-15H,1-6H2/t13-,14?,15-/m1/s1.